The number of hydrogen-bond acceptors (Lipinski definition) is 13. The summed E-state index contributed by atoms with van der Waals surface area (Å²) in [5, 5.41) is 8.02. The number of imidazole rings is 2. The summed E-state index contributed by atoms with van der Waals surface area (Å²) in [5.41, 5.74) is -2.55. The second-order valence-electron chi connectivity index (χ2n) is 15.7. The van der Waals surface area contributed by atoms with Crippen molar-refractivity contribution in [2.24, 2.45) is 14.1 Å². The fraction of sp³-hybridized carbons (Fsp3) is 0.350. The number of pyridine rings is 4. The Bertz CT molecular complexity index is 3550. The van der Waals surface area contributed by atoms with Gasteiger partial charge in [-0.1, -0.05) is 13.8 Å². The molecule has 10 rings (SSSR count). The van der Waals surface area contributed by atoms with Crippen LogP contribution < -0.4 is 11.1 Å². The summed E-state index contributed by atoms with van der Waals surface area (Å²) in [6.07, 6.45) is -1.82. The van der Waals surface area contributed by atoms with Crippen LogP contribution in [0.4, 0.5) is 26.3 Å². The van der Waals surface area contributed by atoms with Gasteiger partial charge in [-0.05, 0) is 78.9 Å². The van der Waals surface area contributed by atoms with Crippen molar-refractivity contribution in [1.82, 2.24) is 67.7 Å². The monoisotopic (exact) mass is 1020 g/mol. The Morgan fingerprint density at radius 1 is 0.676 bits per heavy atom. The number of fused-ring (bicyclic) bond motifs is 2. The molecule has 0 spiro atoms. The highest BCUT2D eigenvalue weighted by Gasteiger charge is 2.42. The van der Waals surface area contributed by atoms with Gasteiger partial charge in [-0.25, -0.2) is 47.7 Å². The number of halogens is 8. The molecule has 0 saturated heterocycles. The molecule has 68 heavy (non-hydrogen) atoms. The second kappa shape index (κ2) is 17.1. The molecule has 18 nitrogen and oxygen atoms in total. The van der Waals surface area contributed by atoms with Gasteiger partial charge in [-0.2, -0.15) is 26.3 Å². The van der Waals surface area contributed by atoms with Crippen LogP contribution in [-0.4, -0.2) is 87.7 Å². The molecule has 356 valence electrons. The summed E-state index contributed by atoms with van der Waals surface area (Å²) in [4.78, 5) is 51.9. The highest BCUT2D eigenvalue weighted by atomic mass is 35.5. The molecule has 0 aromatic carbocycles. The molecule has 0 aliphatic heterocycles. The van der Waals surface area contributed by atoms with Crippen LogP contribution in [0.5, 0.6) is 0 Å². The van der Waals surface area contributed by atoms with Gasteiger partial charge in [0.25, 0.3) is 11.1 Å². The minimum Gasteiger partial charge on any atom is -0.321 e. The van der Waals surface area contributed by atoms with Crippen molar-refractivity contribution in [3.63, 3.8) is 0 Å². The van der Waals surface area contributed by atoms with Crippen molar-refractivity contribution >= 4 is 66.9 Å². The fourth-order valence-electron chi connectivity index (χ4n) is 7.69. The summed E-state index contributed by atoms with van der Waals surface area (Å²) in [5.74, 6) is 0.684. The Hall–Kier alpha value is -6.12. The average molecular weight is 1020 g/mol. The van der Waals surface area contributed by atoms with Gasteiger partial charge in [0.15, 0.2) is 21.5 Å². The highest BCUT2D eigenvalue weighted by Crippen LogP contribution is 2.42. The molecule has 0 N–H and O–H groups in total. The zero-order chi connectivity index (χ0) is 48.8. The van der Waals surface area contributed by atoms with E-state index in [1.54, 1.807) is 13.2 Å². The van der Waals surface area contributed by atoms with Crippen LogP contribution in [0.1, 0.15) is 63.0 Å². The van der Waals surface area contributed by atoms with Gasteiger partial charge in [0.1, 0.15) is 46.5 Å². The van der Waals surface area contributed by atoms with Crippen LogP contribution in [0.3, 0.4) is 0 Å². The van der Waals surface area contributed by atoms with Crippen LogP contribution in [0.2, 0.25) is 10.6 Å². The maximum atomic E-state index is 13.7. The van der Waals surface area contributed by atoms with E-state index in [1.165, 1.54) is 69.1 Å². The van der Waals surface area contributed by atoms with Crippen molar-refractivity contribution in [3.05, 3.63) is 92.0 Å². The predicted molar refractivity (Wildman–Crippen MR) is 237 cm³/mol. The first-order valence-corrected chi connectivity index (χ1v) is 23.9. The number of nitrogens with zero attached hydrogens (tertiary/aromatic N) is 14. The summed E-state index contributed by atoms with van der Waals surface area (Å²) in [7, 11) is -0.831. The number of aromatic nitrogens is 14. The Labute approximate surface area is 393 Å². The van der Waals surface area contributed by atoms with Gasteiger partial charge in [-0.15, -0.1) is 22.0 Å². The lowest BCUT2D eigenvalue weighted by Crippen LogP contribution is -2.28. The summed E-state index contributed by atoms with van der Waals surface area (Å²) in [6.45, 7) is 3.41. The van der Waals surface area contributed by atoms with Crippen LogP contribution in [0.15, 0.2) is 68.7 Å². The molecule has 2 fully saturated rings. The van der Waals surface area contributed by atoms with Gasteiger partial charge < -0.3 is 9.13 Å². The van der Waals surface area contributed by atoms with E-state index < -0.39 is 56.8 Å². The van der Waals surface area contributed by atoms with Gasteiger partial charge in [0.05, 0.1) is 45.5 Å². The lowest BCUT2D eigenvalue weighted by Gasteiger charge is -2.15. The molecule has 8 aromatic rings. The smallest absolute Gasteiger partial charge is 0.321 e. The van der Waals surface area contributed by atoms with E-state index >= 15 is 0 Å². The van der Waals surface area contributed by atoms with E-state index in [0.29, 0.717) is 48.6 Å². The van der Waals surface area contributed by atoms with Crippen molar-refractivity contribution < 1.29 is 34.8 Å². The van der Waals surface area contributed by atoms with E-state index in [0.717, 1.165) is 26.2 Å². The summed E-state index contributed by atoms with van der Waals surface area (Å²) < 4.78 is 115. The minimum absolute atomic E-state index is 0.0110. The Morgan fingerprint density at radius 2 is 1.12 bits per heavy atom. The molecule has 2 saturated carbocycles. The number of hydrogen-bond donors (Lipinski definition) is 0. The van der Waals surface area contributed by atoms with Crippen molar-refractivity contribution in [2.75, 3.05) is 11.5 Å². The first-order chi connectivity index (χ1) is 32.1. The topological polar surface area (TPSA) is 201 Å². The number of thioether (sulfide) groups is 1. The summed E-state index contributed by atoms with van der Waals surface area (Å²) >= 11 is 13.0. The molecule has 0 radical (unpaired) electrons. The SMILES string of the molecule is CCS(=O)(=O)c1cc(-n2cnc(Cl)n2)cnc1-c1nc2cc(C(F)(F)F)n(C3CC3)c(=O)c2n1C.CCSc1cc(-n2cnc(Cl)n2)cnc1-c1nc2cc(C(F)(F)F)n(C3CC3)c(=O)c2n1C. The van der Waals surface area contributed by atoms with Crippen molar-refractivity contribution in [1.29, 1.82) is 0 Å². The standard InChI is InChI=1S/C20H17ClF3N7O3S.C20H17ClF3N7OS/c1-3-35(33,34)13-6-11(30-9-26-19(21)28-30)8-25-15(13)17-27-12-7-14(20(22,23)24)31(10-4-5-10)18(32)16(12)29(17)2;1-3-33-13-6-11(30-9-26-19(21)28-30)8-25-15(13)17-27-12-7-14(20(22,23)24)31(10-4-5-10)18(32)16(12)29(17)2/h6-10H,3-5H2,1-2H3;6-10H,3-5H2,1-2H3. The Morgan fingerprint density at radius 3 is 1.51 bits per heavy atom. The maximum Gasteiger partial charge on any atom is 0.431 e. The van der Waals surface area contributed by atoms with Gasteiger partial charge in [0.2, 0.25) is 10.6 Å². The van der Waals surface area contributed by atoms with Gasteiger partial charge in [0, 0.05) is 31.1 Å². The van der Waals surface area contributed by atoms with Crippen LogP contribution in [0.25, 0.3) is 56.5 Å². The molecule has 2 aliphatic carbocycles. The molecule has 0 atom stereocenters. The quantitative estimate of drug-likeness (QED) is 0.0955. The largest absolute Gasteiger partial charge is 0.431 e. The highest BCUT2D eigenvalue weighted by molar-refractivity contribution is 7.99. The Balaban J connectivity index is 0.000000170. The molecule has 28 heteroatoms. The van der Waals surface area contributed by atoms with E-state index in [-0.39, 0.29) is 60.5 Å². The molecule has 0 amide bonds. The van der Waals surface area contributed by atoms with E-state index in [9.17, 15) is 44.3 Å². The molecule has 0 unspecified atom stereocenters. The first kappa shape index (κ1) is 47.0. The van der Waals surface area contributed by atoms with E-state index in [2.05, 4.69) is 40.1 Å². The third-order valence-electron chi connectivity index (χ3n) is 11.1. The number of sulfone groups is 1. The van der Waals surface area contributed by atoms with Crippen LogP contribution in [-0.2, 0) is 36.3 Å². The molecule has 0 bridgehead atoms. The minimum atomic E-state index is -4.76. The zero-order valence-corrected chi connectivity index (χ0v) is 38.9. The lowest BCUT2D eigenvalue weighted by molar-refractivity contribution is -0.144. The van der Waals surface area contributed by atoms with Crippen molar-refractivity contribution in [3.8, 4) is 34.4 Å². The molecular weight excluding hydrogens is 990 g/mol. The first-order valence-electron chi connectivity index (χ1n) is 20.5. The average Bonchev–Trinajstić information content (AvgIpc) is 4.15. The number of aryl methyl sites for hydroxylation is 2. The summed E-state index contributed by atoms with van der Waals surface area (Å²) in [6, 6.07) is 3.93. The van der Waals surface area contributed by atoms with Crippen LogP contribution in [0, 0.1) is 0 Å². The molecule has 8 heterocycles. The van der Waals surface area contributed by atoms with Gasteiger partial charge >= 0.3 is 12.4 Å². The van der Waals surface area contributed by atoms with Crippen molar-refractivity contribution in [2.45, 2.75) is 73.8 Å². The van der Waals surface area contributed by atoms with Gasteiger partial charge in [-0.3, -0.25) is 18.7 Å². The lowest BCUT2D eigenvalue weighted by atomic mass is 10.2. The third kappa shape index (κ3) is 8.54. The third-order valence-corrected chi connectivity index (χ3v) is 14.1. The molecule has 2 aliphatic rings. The van der Waals surface area contributed by atoms with E-state index in [1.807, 2.05) is 13.0 Å². The number of alkyl halides is 6. The Kier molecular flexibility index (Phi) is 11.8. The molecular formula is C40H34Cl2F6N14O4S2. The maximum absolute atomic E-state index is 13.7. The normalized spacial score (nSPS) is 14.5. The predicted octanol–water partition coefficient (Wildman–Crippen LogP) is 7.68. The fourth-order valence-corrected chi connectivity index (χ4v) is 9.79. The molecule has 8 aromatic heterocycles. The second-order valence-corrected chi connectivity index (χ2v) is 19.9. The number of rotatable bonds is 10. The zero-order valence-electron chi connectivity index (χ0n) is 35.8. The van der Waals surface area contributed by atoms with E-state index in [4.69, 9.17) is 23.2 Å². The van der Waals surface area contributed by atoms with Crippen LogP contribution >= 0.6 is 35.0 Å².